The molecule has 2 nitrogen and oxygen atoms in total. The van der Waals surface area contributed by atoms with Crippen LogP contribution in [-0.4, -0.2) is 25.4 Å². The Morgan fingerprint density at radius 1 is 1.20 bits per heavy atom. The topological polar surface area (TPSA) is 26.3 Å². The molecule has 0 unspecified atom stereocenters. The van der Waals surface area contributed by atoms with Crippen LogP contribution in [0.3, 0.4) is 0 Å². The van der Waals surface area contributed by atoms with E-state index < -0.39 is 0 Å². The summed E-state index contributed by atoms with van der Waals surface area (Å²) >= 11 is 3.14. The van der Waals surface area contributed by atoms with E-state index in [0.717, 1.165) is 21.1 Å². The van der Waals surface area contributed by atoms with Crippen LogP contribution in [0.5, 0.6) is 5.75 Å². The van der Waals surface area contributed by atoms with Crippen molar-refractivity contribution in [1.29, 1.82) is 0 Å². The summed E-state index contributed by atoms with van der Waals surface area (Å²) in [6, 6.07) is 3.81. The van der Waals surface area contributed by atoms with Gasteiger partial charge in [0.2, 0.25) is 0 Å². The monoisotopic (exact) mass is 242 g/mol. The van der Waals surface area contributed by atoms with Crippen molar-refractivity contribution in [3.8, 4) is 5.75 Å². The number of ether oxygens (including phenoxy) is 1. The number of carbonyl (C=O) groups excluding carboxylic acids is 1. The predicted molar refractivity (Wildman–Crippen MR) is 66.6 cm³/mol. The minimum absolute atomic E-state index is 0.103. The molecule has 0 fully saturated rings. The zero-order valence-electron chi connectivity index (χ0n) is 9.29. The smallest absolute Gasteiger partial charge is 0.162 e. The van der Waals surface area contributed by atoms with Crippen LogP contribution in [0, 0.1) is 0 Å². The third kappa shape index (κ3) is 2.69. The number of rotatable bonds is 4. The van der Waals surface area contributed by atoms with Gasteiger partial charge in [0.25, 0.3) is 0 Å². The molecule has 0 radical (unpaired) electrons. The molecule has 0 N–H and O–H groups in total. The normalized spacial score (nSPS) is 10.1. The van der Waals surface area contributed by atoms with Gasteiger partial charge in [-0.15, -0.1) is 23.5 Å². The highest BCUT2D eigenvalue weighted by Crippen LogP contribution is 2.34. The molecule has 0 aliphatic carbocycles. The molecular weight excluding hydrogens is 228 g/mol. The van der Waals surface area contributed by atoms with Gasteiger partial charge in [-0.25, -0.2) is 0 Å². The SMILES string of the molecule is COc1cc(SC)c(C(C)=O)c(SC)c1. The second kappa shape index (κ2) is 5.47. The first-order valence-corrected chi connectivity index (χ1v) is 6.90. The molecular formula is C11H14O2S2. The first-order chi connectivity index (χ1) is 7.13. The van der Waals surface area contributed by atoms with Crippen molar-refractivity contribution in [3.05, 3.63) is 17.7 Å². The minimum atomic E-state index is 0.103. The Morgan fingerprint density at radius 3 is 1.93 bits per heavy atom. The molecule has 1 aromatic carbocycles. The van der Waals surface area contributed by atoms with Crippen LogP contribution >= 0.6 is 23.5 Å². The van der Waals surface area contributed by atoms with Crippen LogP contribution in [0.15, 0.2) is 21.9 Å². The van der Waals surface area contributed by atoms with E-state index in [-0.39, 0.29) is 5.78 Å². The number of Topliss-reactive ketones (excluding diaryl/α,β-unsaturated/α-hetero) is 1. The summed E-state index contributed by atoms with van der Waals surface area (Å²) in [4.78, 5) is 13.5. The fourth-order valence-electron chi connectivity index (χ4n) is 1.35. The Labute approximate surface area is 98.8 Å². The van der Waals surface area contributed by atoms with Crippen molar-refractivity contribution >= 4 is 29.3 Å². The van der Waals surface area contributed by atoms with E-state index in [1.165, 1.54) is 0 Å². The van der Waals surface area contributed by atoms with Gasteiger partial charge in [-0.2, -0.15) is 0 Å². The molecule has 1 rings (SSSR count). The van der Waals surface area contributed by atoms with Gasteiger partial charge in [0.1, 0.15) is 5.75 Å². The average Bonchev–Trinajstić information content (AvgIpc) is 2.26. The lowest BCUT2D eigenvalue weighted by Gasteiger charge is -2.11. The van der Waals surface area contributed by atoms with Crippen LogP contribution in [0.2, 0.25) is 0 Å². The van der Waals surface area contributed by atoms with Gasteiger partial charge in [-0.3, -0.25) is 4.79 Å². The summed E-state index contributed by atoms with van der Waals surface area (Å²) in [5.74, 6) is 0.903. The lowest BCUT2D eigenvalue weighted by molar-refractivity contribution is 0.101. The predicted octanol–water partition coefficient (Wildman–Crippen LogP) is 3.34. The second-order valence-electron chi connectivity index (χ2n) is 2.96. The number of hydrogen-bond acceptors (Lipinski definition) is 4. The number of benzene rings is 1. The van der Waals surface area contributed by atoms with Crippen molar-refractivity contribution in [3.63, 3.8) is 0 Å². The van der Waals surface area contributed by atoms with Gasteiger partial charge in [0.05, 0.1) is 7.11 Å². The zero-order chi connectivity index (χ0) is 11.4. The van der Waals surface area contributed by atoms with Crippen LogP contribution in [0.4, 0.5) is 0 Å². The summed E-state index contributed by atoms with van der Waals surface area (Å²) < 4.78 is 5.20. The van der Waals surface area contributed by atoms with E-state index in [4.69, 9.17) is 4.74 Å². The number of carbonyl (C=O) groups is 1. The van der Waals surface area contributed by atoms with Crippen LogP contribution < -0.4 is 4.74 Å². The second-order valence-corrected chi connectivity index (χ2v) is 4.66. The minimum Gasteiger partial charge on any atom is -0.497 e. The lowest BCUT2D eigenvalue weighted by atomic mass is 10.1. The maximum absolute atomic E-state index is 11.5. The lowest BCUT2D eigenvalue weighted by Crippen LogP contribution is -1.99. The summed E-state index contributed by atoms with van der Waals surface area (Å²) in [5, 5.41) is 0. The van der Waals surface area contributed by atoms with Gasteiger partial charge >= 0.3 is 0 Å². The highest BCUT2D eigenvalue weighted by atomic mass is 32.2. The zero-order valence-corrected chi connectivity index (χ0v) is 10.9. The van der Waals surface area contributed by atoms with E-state index in [9.17, 15) is 4.79 Å². The highest BCUT2D eigenvalue weighted by molar-refractivity contribution is 7.99. The molecule has 4 heteroatoms. The molecule has 1 aromatic rings. The largest absolute Gasteiger partial charge is 0.497 e. The van der Waals surface area contributed by atoms with Crippen LogP contribution in [0.25, 0.3) is 0 Å². The van der Waals surface area contributed by atoms with Gasteiger partial charge in [-0.05, 0) is 31.6 Å². The van der Waals surface area contributed by atoms with E-state index in [2.05, 4.69) is 0 Å². The Balaban J connectivity index is 3.39. The number of methoxy groups -OCH3 is 1. The fourth-order valence-corrected chi connectivity index (χ4v) is 2.80. The van der Waals surface area contributed by atoms with Gasteiger partial charge in [-0.1, -0.05) is 0 Å². The molecule has 0 aliphatic heterocycles. The number of ketones is 1. The number of thioether (sulfide) groups is 2. The molecule has 0 atom stereocenters. The summed E-state index contributed by atoms with van der Waals surface area (Å²) in [5.41, 5.74) is 0.802. The van der Waals surface area contributed by atoms with E-state index in [1.807, 2.05) is 24.6 Å². The Hall–Kier alpha value is -0.610. The molecule has 0 saturated heterocycles. The molecule has 0 aliphatic rings. The first-order valence-electron chi connectivity index (χ1n) is 4.45. The van der Waals surface area contributed by atoms with Crippen molar-refractivity contribution < 1.29 is 9.53 Å². The molecule has 0 aromatic heterocycles. The van der Waals surface area contributed by atoms with Gasteiger partial charge in [0, 0.05) is 15.4 Å². The standard InChI is InChI=1S/C11H14O2S2/c1-7(12)11-9(14-3)5-8(13-2)6-10(11)15-4/h5-6H,1-4H3. The van der Waals surface area contributed by atoms with Gasteiger partial charge < -0.3 is 4.74 Å². The maximum Gasteiger partial charge on any atom is 0.162 e. The third-order valence-corrected chi connectivity index (χ3v) is 3.59. The first kappa shape index (κ1) is 12.5. The quantitative estimate of drug-likeness (QED) is 0.597. The summed E-state index contributed by atoms with van der Waals surface area (Å²) in [6.07, 6.45) is 3.93. The fraction of sp³-hybridized carbons (Fsp3) is 0.364. The maximum atomic E-state index is 11.5. The Morgan fingerprint density at radius 2 is 1.67 bits per heavy atom. The van der Waals surface area contributed by atoms with Crippen LogP contribution in [0.1, 0.15) is 17.3 Å². The average molecular weight is 242 g/mol. The van der Waals surface area contributed by atoms with E-state index >= 15 is 0 Å². The van der Waals surface area contributed by atoms with Crippen LogP contribution in [-0.2, 0) is 0 Å². The molecule has 0 saturated carbocycles. The van der Waals surface area contributed by atoms with E-state index in [1.54, 1.807) is 37.6 Å². The highest BCUT2D eigenvalue weighted by Gasteiger charge is 2.14. The molecule has 0 heterocycles. The van der Waals surface area contributed by atoms with Gasteiger partial charge in [0.15, 0.2) is 5.78 Å². The third-order valence-electron chi connectivity index (χ3n) is 2.07. The Kier molecular flexibility index (Phi) is 4.54. The molecule has 0 amide bonds. The van der Waals surface area contributed by atoms with Crippen molar-refractivity contribution in [2.45, 2.75) is 16.7 Å². The Bertz CT molecular complexity index is 350. The summed E-state index contributed by atoms with van der Waals surface area (Å²) in [7, 11) is 1.64. The molecule has 82 valence electrons. The number of hydrogen-bond donors (Lipinski definition) is 0. The summed E-state index contributed by atoms with van der Waals surface area (Å²) in [6.45, 7) is 1.60. The van der Waals surface area contributed by atoms with Crippen molar-refractivity contribution in [2.75, 3.05) is 19.6 Å². The molecule has 15 heavy (non-hydrogen) atoms. The molecule has 0 bridgehead atoms. The van der Waals surface area contributed by atoms with Crippen molar-refractivity contribution in [1.82, 2.24) is 0 Å². The van der Waals surface area contributed by atoms with E-state index in [0.29, 0.717) is 0 Å². The molecule has 0 spiro atoms. The van der Waals surface area contributed by atoms with Crippen molar-refractivity contribution in [2.24, 2.45) is 0 Å².